The highest BCUT2D eigenvalue weighted by Gasteiger charge is 2.41. The van der Waals surface area contributed by atoms with Gasteiger partial charge in [-0.3, -0.25) is 14.5 Å². The van der Waals surface area contributed by atoms with Gasteiger partial charge in [0.25, 0.3) is 5.91 Å². The number of nitrogens with two attached hydrogens (primary N) is 1. The summed E-state index contributed by atoms with van der Waals surface area (Å²) in [7, 11) is 0. The molecule has 0 aliphatic carbocycles. The van der Waals surface area contributed by atoms with E-state index in [0.717, 1.165) is 21.6 Å². The molecule has 2 aromatic carbocycles. The Hall–Kier alpha value is -3.65. The maximum atomic E-state index is 12.9. The second-order valence-electron chi connectivity index (χ2n) is 7.15. The van der Waals surface area contributed by atoms with E-state index in [0.29, 0.717) is 24.1 Å². The average molecular weight is 407 g/mol. The highest BCUT2D eigenvalue weighted by Crippen LogP contribution is 2.36. The molecule has 0 saturated carbocycles. The summed E-state index contributed by atoms with van der Waals surface area (Å²) in [6.07, 6.45) is -0.519. The number of para-hydroxylation sites is 1. The lowest BCUT2D eigenvalue weighted by Crippen LogP contribution is -2.46. The molecular weight excluding hydrogens is 386 g/mol. The van der Waals surface area contributed by atoms with Crippen LogP contribution in [0.15, 0.2) is 52.9 Å². The van der Waals surface area contributed by atoms with E-state index in [-0.39, 0.29) is 18.4 Å². The van der Waals surface area contributed by atoms with Crippen LogP contribution in [0, 0.1) is 0 Å². The van der Waals surface area contributed by atoms with Gasteiger partial charge in [0.15, 0.2) is 6.23 Å². The summed E-state index contributed by atoms with van der Waals surface area (Å²) in [5.74, 6) is -0.521. The summed E-state index contributed by atoms with van der Waals surface area (Å²) >= 11 is 0. The van der Waals surface area contributed by atoms with Gasteiger partial charge in [0.05, 0.1) is 6.54 Å². The first-order valence-electron chi connectivity index (χ1n) is 9.58. The molecule has 1 aromatic heterocycles. The van der Waals surface area contributed by atoms with Crippen molar-refractivity contribution in [2.75, 3.05) is 5.32 Å². The molecule has 30 heavy (non-hydrogen) atoms. The fourth-order valence-electron chi connectivity index (χ4n) is 3.75. The van der Waals surface area contributed by atoms with Crippen molar-refractivity contribution in [2.45, 2.75) is 31.7 Å². The Bertz CT molecular complexity index is 1090. The van der Waals surface area contributed by atoms with E-state index in [4.69, 9.17) is 10.2 Å². The number of aliphatic hydroxyl groups is 1. The van der Waals surface area contributed by atoms with Gasteiger partial charge in [-0.2, -0.15) is 0 Å². The van der Waals surface area contributed by atoms with Crippen LogP contribution in [-0.4, -0.2) is 34.1 Å². The van der Waals surface area contributed by atoms with Gasteiger partial charge < -0.3 is 25.4 Å². The zero-order valence-electron chi connectivity index (χ0n) is 16.1. The van der Waals surface area contributed by atoms with Crippen LogP contribution in [0.1, 0.15) is 40.8 Å². The third kappa shape index (κ3) is 3.53. The van der Waals surface area contributed by atoms with Gasteiger partial charge in [-0.25, -0.2) is 0 Å². The van der Waals surface area contributed by atoms with Crippen LogP contribution in [0.5, 0.6) is 0 Å². The lowest BCUT2D eigenvalue weighted by Gasteiger charge is -2.28. The van der Waals surface area contributed by atoms with Crippen molar-refractivity contribution in [1.29, 1.82) is 0 Å². The molecular formula is C22H21N3O5. The van der Waals surface area contributed by atoms with Crippen LogP contribution in [0.25, 0.3) is 11.0 Å². The average Bonchev–Trinajstić information content (AvgIpc) is 3.26. The third-order valence-electron chi connectivity index (χ3n) is 5.23. The fourth-order valence-corrected chi connectivity index (χ4v) is 3.75. The fraction of sp³-hybridized carbons (Fsp3) is 0.227. The lowest BCUT2D eigenvalue weighted by molar-refractivity contribution is -0.126. The molecule has 2 atom stereocenters. The van der Waals surface area contributed by atoms with Gasteiger partial charge in [0.1, 0.15) is 23.7 Å². The Kier molecular flexibility index (Phi) is 5.24. The number of hydrogen-bond acceptors (Lipinski definition) is 6. The topological polar surface area (TPSA) is 126 Å². The number of furan rings is 1. The van der Waals surface area contributed by atoms with E-state index < -0.39 is 24.1 Å². The molecule has 2 amide bonds. The monoisotopic (exact) mass is 407 g/mol. The van der Waals surface area contributed by atoms with E-state index >= 15 is 0 Å². The number of rotatable bonds is 8. The first kappa shape index (κ1) is 19.7. The second kappa shape index (κ2) is 8.00. The smallest absolute Gasteiger partial charge is 0.257 e. The van der Waals surface area contributed by atoms with Crippen molar-refractivity contribution in [2.24, 2.45) is 5.73 Å². The van der Waals surface area contributed by atoms with Crippen LogP contribution in [0.2, 0.25) is 0 Å². The predicted octanol–water partition coefficient (Wildman–Crippen LogP) is 2.32. The number of carbonyl (C=O) groups excluding carboxylic acids is 3. The molecule has 1 aliphatic heterocycles. The standard InChI is InChI=1S/C22H21N3O5/c23-20(27)18(5-3-9-26)25-21(28)16-8-7-14(11-17(16)22(25)29)24-12-15-10-13-4-1-2-6-19(13)30-15/h1-2,4,6-11,18,21,24,28H,3,5,12H2,(H2,23,27). The van der Waals surface area contributed by atoms with E-state index in [1.807, 2.05) is 30.3 Å². The third-order valence-corrected chi connectivity index (χ3v) is 5.23. The van der Waals surface area contributed by atoms with Gasteiger partial charge >= 0.3 is 0 Å². The van der Waals surface area contributed by atoms with E-state index in [1.165, 1.54) is 0 Å². The molecule has 8 heteroatoms. The number of anilines is 1. The molecule has 0 saturated heterocycles. The Labute approximate surface area is 172 Å². The van der Waals surface area contributed by atoms with Crippen LogP contribution in [0.4, 0.5) is 5.69 Å². The highest BCUT2D eigenvalue weighted by molar-refractivity contribution is 6.02. The van der Waals surface area contributed by atoms with Gasteiger partial charge in [-0.05, 0) is 30.7 Å². The van der Waals surface area contributed by atoms with Gasteiger partial charge in [-0.1, -0.05) is 24.3 Å². The molecule has 8 nitrogen and oxygen atoms in total. The number of aliphatic hydroxyl groups excluding tert-OH is 1. The number of nitrogens with zero attached hydrogens (tertiary/aromatic N) is 1. The van der Waals surface area contributed by atoms with Gasteiger partial charge in [0.2, 0.25) is 5.91 Å². The Morgan fingerprint density at radius 1 is 1.27 bits per heavy atom. The van der Waals surface area contributed by atoms with E-state index in [1.54, 1.807) is 18.2 Å². The largest absolute Gasteiger partial charge is 0.459 e. The number of carbonyl (C=O) groups is 3. The van der Waals surface area contributed by atoms with Crippen molar-refractivity contribution >= 4 is 34.8 Å². The Morgan fingerprint density at radius 3 is 2.80 bits per heavy atom. The second-order valence-corrected chi connectivity index (χ2v) is 7.15. The van der Waals surface area contributed by atoms with Crippen LogP contribution < -0.4 is 11.1 Å². The SMILES string of the molecule is NC(=O)C(CCC=O)N1C(=O)c2cc(NCc3cc4ccccc4o3)ccc2C1O. The number of nitrogens with one attached hydrogen (secondary N) is 1. The minimum absolute atomic E-state index is 0.0603. The highest BCUT2D eigenvalue weighted by atomic mass is 16.3. The van der Waals surface area contributed by atoms with Gasteiger partial charge in [-0.15, -0.1) is 0 Å². The lowest BCUT2D eigenvalue weighted by atomic mass is 10.1. The Balaban J connectivity index is 1.53. The minimum Gasteiger partial charge on any atom is -0.459 e. The van der Waals surface area contributed by atoms with E-state index in [2.05, 4.69) is 5.32 Å². The predicted molar refractivity (Wildman–Crippen MR) is 109 cm³/mol. The van der Waals surface area contributed by atoms with Crippen LogP contribution in [-0.2, 0) is 16.1 Å². The number of amides is 2. The molecule has 0 fully saturated rings. The molecule has 2 heterocycles. The number of fused-ring (bicyclic) bond motifs is 2. The summed E-state index contributed by atoms with van der Waals surface area (Å²) in [5.41, 5.74) is 7.55. The molecule has 154 valence electrons. The zero-order valence-corrected chi connectivity index (χ0v) is 16.1. The number of benzene rings is 2. The first-order chi connectivity index (χ1) is 14.5. The van der Waals surface area contributed by atoms with Crippen molar-refractivity contribution in [3.05, 3.63) is 65.4 Å². The number of hydrogen-bond donors (Lipinski definition) is 3. The van der Waals surface area contributed by atoms with Crippen LogP contribution in [0.3, 0.4) is 0 Å². The first-order valence-corrected chi connectivity index (χ1v) is 9.58. The van der Waals surface area contributed by atoms with Crippen LogP contribution >= 0.6 is 0 Å². The maximum absolute atomic E-state index is 12.9. The summed E-state index contributed by atoms with van der Waals surface area (Å²) in [5, 5.41) is 14.8. The maximum Gasteiger partial charge on any atom is 0.257 e. The van der Waals surface area contributed by atoms with Crippen molar-refractivity contribution in [3.63, 3.8) is 0 Å². The number of primary amides is 1. The van der Waals surface area contributed by atoms with Crippen molar-refractivity contribution < 1.29 is 23.9 Å². The minimum atomic E-state index is -1.29. The molecule has 2 unspecified atom stereocenters. The summed E-state index contributed by atoms with van der Waals surface area (Å²) < 4.78 is 5.78. The molecule has 0 spiro atoms. The summed E-state index contributed by atoms with van der Waals surface area (Å²) in [4.78, 5) is 36.4. The normalized spacial score (nSPS) is 16.5. The van der Waals surface area contributed by atoms with E-state index in [9.17, 15) is 19.5 Å². The number of aldehydes is 1. The van der Waals surface area contributed by atoms with Crippen molar-refractivity contribution in [1.82, 2.24) is 4.90 Å². The quantitative estimate of drug-likeness (QED) is 0.492. The zero-order chi connectivity index (χ0) is 21.3. The summed E-state index contributed by atoms with van der Waals surface area (Å²) in [6, 6.07) is 13.6. The molecule has 4 N–H and O–H groups in total. The Morgan fingerprint density at radius 2 is 2.07 bits per heavy atom. The van der Waals surface area contributed by atoms with Gasteiger partial charge in [0, 0.05) is 28.6 Å². The molecule has 4 rings (SSSR count). The molecule has 0 radical (unpaired) electrons. The molecule has 1 aliphatic rings. The summed E-state index contributed by atoms with van der Waals surface area (Å²) in [6.45, 7) is 0.414. The van der Waals surface area contributed by atoms with Crippen molar-refractivity contribution in [3.8, 4) is 0 Å². The molecule has 0 bridgehead atoms. The molecule has 3 aromatic rings.